The van der Waals surface area contributed by atoms with E-state index in [0.29, 0.717) is 28.2 Å². The van der Waals surface area contributed by atoms with Crippen LogP contribution in [0.1, 0.15) is 22.1 Å². The molecule has 6 nitrogen and oxygen atoms in total. The zero-order valence-electron chi connectivity index (χ0n) is 14.2. The van der Waals surface area contributed by atoms with Gasteiger partial charge >= 0.3 is 0 Å². The van der Waals surface area contributed by atoms with Gasteiger partial charge in [0.05, 0.1) is 21.9 Å². The van der Waals surface area contributed by atoms with Crippen molar-refractivity contribution >= 4 is 45.5 Å². The minimum atomic E-state index is -0.188. The molecule has 1 aromatic carbocycles. The molecule has 0 saturated heterocycles. The summed E-state index contributed by atoms with van der Waals surface area (Å²) in [5.74, 6) is 1.45. The van der Waals surface area contributed by atoms with Gasteiger partial charge in [-0.1, -0.05) is 23.4 Å². The van der Waals surface area contributed by atoms with Crippen molar-refractivity contribution in [1.29, 1.82) is 0 Å². The lowest BCUT2D eigenvalue weighted by molar-refractivity contribution is 0.102. The van der Waals surface area contributed by atoms with Crippen molar-refractivity contribution in [3.63, 3.8) is 0 Å². The number of hydrogen-bond donors (Lipinski definition) is 1. The number of hydrogen-bond acceptors (Lipinski definition) is 8. The van der Waals surface area contributed by atoms with Crippen molar-refractivity contribution in [2.24, 2.45) is 0 Å². The fourth-order valence-electron chi connectivity index (χ4n) is 2.35. The molecule has 1 N–H and O–H groups in total. The summed E-state index contributed by atoms with van der Waals surface area (Å²) in [6.45, 7) is 1.78. The Morgan fingerprint density at radius 1 is 1.19 bits per heavy atom. The Kier molecular flexibility index (Phi) is 5.33. The highest BCUT2D eigenvalue weighted by Gasteiger charge is 2.15. The molecule has 4 rings (SSSR count). The number of carbonyl (C=O) groups is 1. The standard InChI is InChI=1S/C18H14N4O2S3/c1-11-19-16(24-22-11)10-26-14-6-3-2-5-12(14)17(23)21-18-20-13(9-27-18)15-7-4-8-25-15/h2-9H,10H2,1H3,(H,20,21,23). The molecule has 3 aromatic heterocycles. The first-order chi connectivity index (χ1) is 13.2. The van der Waals surface area contributed by atoms with Gasteiger partial charge in [-0.15, -0.1) is 34.4 Å². The summed E-state index contributed by atoms with van der Waals surface area (Å²) in [6, 6.07) is 11.4. The van der Waals surface area contributed by atoms with Crippen LogP contribution in [0, 0.1) is 6.92 Å². The minimum absolute atomic E-state index is 0.188. The Morgan fingerprint density at radius 2 is 2.07 bits per heavy atom. The lowest BCUT2D eigenvalue weighted by Gasteiger charge is -2.07. The first kappa shape index (κ1) is 17.9. The van der Waals surface area contributed by atoms with Gasteiger partial charge in [-0.2, -0.15) is 4.98 Å². The van der Waals surface area contributed by atoms with Gasteiger partial charge in [0.1, 0.15) is 0 Å². The van der Waals surface area contributed by atoms with Crippen LogP contribution in [0.4, 0.5) is 5.13 Å². The normalized spacial score (nSPS) is 10.9. The van der Waals surface area contributed by atoms with Crippen LogP contribution in [0.2, 0.25) is 0 Å². The summed E-state index contributed by atoms with van der Waals surface area (Å²) in [6.07, 6.45) is 0. The topological polar surface area (TPSA) is 80.9 Å². The zero-order valence-corrected chi connectivity index (χ0v) is 16.7. The summed E-state index contributed by atoms with van der Waals surface area (Å²) in [5.41, 5.74) is 1.46. The van der Waals surface area contributed by atoms with Crippen molar-refractivity contribution < 1.29 is 9.32 Å². The summed E-state index contributed by atoms with van der Waals surface area (Å²) in [5, 5.41) is 11.2. The summed E-state index contributed by atoms with van der Waals surface area (Å²) >= 11 is 4.52. The fourth-order valence-corrected chi connectivity index (χ4v) is 4.70. The number of thiazole rings is 1. The van der Waals surface area contributed by atoms with E-state index in [1.165, 1.54) is 23.1 Å². The third-order valence-electron chi connectivity index (χ3n) is 3.55. The zero-order chi connectivity index (χ0) is 18.6. The van der Waals surface area contributed by atoms with E-state index in [1.54, 1.807) is 24.3 Å². The number of aromatic nitrogens is 3. The van der Waals surface area contributed by atoms with E-state index in [-0.39, 0.29) is 5.91 Å². The number of nitrogens with zero attached hydrogens (tertiary/aromatic N) is 3. The van der Waals surface area contributed by atoms with Crippen molar-refractivity contribution in [3.8, 4) is 10.6 Å². The number of thiophene rings is 1. The number of thioether (sulfide) groups is 1. The molecule has 0 aliphatic rings. The first-order valence-electron chi connectivity index (χ1n) is 8.01. The van der Waals surface area contributed by atoms with Gasteiger partial charge in [0.2, 0.25) is 5.89 Å². The molecule has 1 amide bonds. The molecule has 0 spiro atoms. The quantitative estimate of drug-likeness (QED) is 0.442. The smallest absolute Gasteiger partial charge is 0.258 e. The lowest BCUT2D eigenvalue weighted by atomic mass is 10.2. The highest BCUT2D eigenvalue weighted by Crippen LogP contribution is 2.30. The van der Waals surface area contributed by atoms with Crippen molar-refractivity contribution in [1.82, 2.24) is 15.1 Å². The van der Waals surface area contributed by atoms with E-state index < -0.39 is 0 Å². The van der Waals surface area contributed by atoms with E-state index in [4.69, 9.17) is 4.52 Å². The van der Waals surface area contributed by atoms with E-state index >= 15 is 0 Å². The molecule has 0 fully saturated rings. The van der Waals surface area contributed by atoms with Gasteiger partial charge < -0.3 is 4.52 Å². The summed E-state index contributed by atoms with van der Waals surface area (Å²) in [7, 11) is 0. The molecule has 4 aromatic rings. The third-order valence-corrected chi connectivity index (χ3v) is 6.26. The van der Waals surface area contributed by atoms with Crippen molar-refractivity contribution in [2.45, 2.75) is 17.6 Å². The van der Waals surface area contributed by atoms with E-state index in [9.17, 15) is 4.79 Å². The Bertz CT molecular complexity index is 1060. The Balaban J connectivity index is 1.47. The fraction of sp³-hybridized carbons (Fsp3) is 0.111. The Hall–Kier alpha value is -2.49. The molecule has 0 radical (unpaired) electrons. The molecule has 3 heterocycles. The van der Waals surface area contributed by atoms with Crippen LogP contribution in [0.15, 0.2) is 56.6 Å². The molecule has 136 valence electrons. The Labute approximate surface area is 167 Å². The van der Waals surface area contributed by atoms with Crippen LogP contribution in [0.5, 0.6) is 0 Å². The number of aryl methyl sites for hydroxylation is 1. The monoisotopic (exact) mass is 414 g/mol. The predicted octanol–water partition coefficient (Wildman–Crippen LogP) is 5.11. The molecule has 27 heavy (non-hydrogen) atoms. The highest BCUT2D eigenvalue weighted by molar-refractivity contribution is 7.98. The maximum atomic E-state index is 12.7. The maximum absolute atomic E-state index is 12.7. The van der Waals surface area contributed by atoms with Crippen molar-refractivity contribution in [2.75, 3.05) is 5.32 Å². The third kappa shape index (κ3) is 4.26. The largest absolute Gasteiger partial charge is 0.338 e. The molecular formula is C18H14N4O2S3. The molecule has 0 atom stereocenters. The lowest BCUT2D eigenvalue weighted by Crippen LogP contribution is -2.12. The molecule has 9 heteroatoms. The molecule has 0 saturated carbocycles. The van der Waals surface area contributed by atoms with Gasteiger partial charge in [0, 0.05) is 10.3 Å². The number of nitrogens with one attached hydrogen (secondary N) is 1. The number of carbonyl (C=O) groups excluding carboxylic acids is 1. The first-order valence-corrected chi connectivity index (χ1v) is 10.8. The predicted molar refractivity (Wildman–Crippen MR) is 108 cm³/mol. The molecule has 0 unspecified atom stereocenters. The maximum Gasteiger partial charge on any atom is 0.258 e. The van der Waals surface area contributed by atoms with Crippen LogP contribution in [0.3, 0.4) is 0 Å². The second kappa shape index (κ2) is 8.03. The van der Waals surface area contributed by atoms with Gasteiger partial charge in [-0.05, 0) is 30.5 Å². The highest BCUT2D eigenvalue weighted by atomic mass is 32.2. The molecule has 0 bridgehead atoms. The van der Waals surface area contributed by atoms with Crippen LogP contribution < -0.4 is 5.32 Å². The van der Waals surface area contributed by atoms with Gasteiger partial charge in [0.15, 0.2) is 11.0 Å². The number of amides is 1. The van der Waals surface area contributed by atoms with E-state index in [0.717, 1.165) is 15.5 Å². The SMILES string of the molecule is Cc1noc(CSc2ccccc2C(=O)Nc2nc(-c3cccs3)cs2)n1. The number of anilines is 1. The van der Waals surface area contributed by atoms with Gasteiger partial charge in [-0.3, -0.25) is 10.1 Å². The molecule has 0 aliphatic heterocycles. The number of benzene rings is 1. The number of rotatable bonds is 6. The second-order valence-corrected chi connectivity index (χ2v) is 8.31. The van der Waals surface area contributed by atoms with E-state index in [2.05, 4.69) is 20.4 Å². The average molecular weight is 415 g/mol. The minimum Gasteiger partial charge on any atom is -0.338 e. The Morgan fingerprint density at radius 3 is 2.85 bits per heavy atom. The van der Waals surface area contributed by atoms with Gasteiger partial charge in [-0.25, -0.2) is 4.98 Å². The van der Waals surface area contributed by atoms with E-state index in [1.807, 2.05) is 41.1 Å². The van der Waals surface area contributed by atoms with Crippen LogP contribution >= 0.6 is 34.4 Å². The molecule has 0 aliphatic carbocycles. The van der Waals surface area contributed by atoms with Crippen molar-refractivity contribution in [3.05, 3.63) is 64.4 Å². The summed E-state index contributed by atoms with van der Waals surface area (Å²) < 4.78 is 5.13. The van der Waals surface area contributed by atoms with Crippen LogP contribution in [-0.2, 0) is 5.75 Å². The molecular weight excluding hydrogens is 400 g/mol. The van der Waals surface area contributed by atoms with Gasteiger partial charge in [0.25, 0.3) is 5.91 Å². The van der Waals surface area contributed by atoms with Crippen LogP contribution in [-0.4, -0.2) is 21.0 Å². The summed E-state index contributed by atoms with van der Waals surface area (Å²) in [4.78, 5) is 23.4. The average Bonchev–Trinajstić information content (AvgIpc) is 3.42. The second-order valence-electron chi connectivity index (χ2n) is 5.49. The van der Waals surface area contributed by atoms with Crippen LogP contribution in [0.25, 0.3) is 10.6 Å².